The van der Waals surface area contributed by atoms with Crippen molar-refractivity contribution in [2.45, 2.75) is 24.5 Å². The molecule has 3 aliphatic heterocycles. The van der Waals surface area contributed by atoms with Crippen molar-refractivity contribution in [3.8, 4) is 0 Å². The maximum atomic E-state index is 13.0. The third-order valence-corrected chi connectivity index (χ3v) is 7.04. The summed E-state index contributed by atoms with van der Waals surface area (Å²) in [7, 11) is -3.25. The number of benzene rings is 1. The fraction of sp³-hybridized carbons (Fsp3) is 0.588. The van der Waals surface area contributed by atoms with Crippen LogP contribution in [0, 0.1) is 17.7 Å². The highest BCUT2D eigenvalue weighted by molar-refractivity contribution is 7.88. The first-order valence-electron chi connectivity index (χ1n) is 8.45. The molecule has 2 bridgehead atoms. The van der Waals surface area contributed by atoms with Crippen molar-refractivity contribution in [2.75, 3.05) is 25.9 Å². The first-order chi connectivity index (χ1) is 11.8. The molecule has 0 aliphatic carbocycles. The van der Waals surface area contributed by atoms with Crippen molar-refractivity contribution in [3.05, 3.63) is 35.6 Å². The molecule has 6 nitrogen and oxygen atoms in total. The maximum Gasteiger partial charge on any atom is 0.251 e. The second kappa shape index (κ2) is 5.75. The van der Waals surface area contributed by atoms with Crippen LogP contribution in [0.5, 0.6) is 0 Å². The molecule has 1 aromatic rings. The Labute approximate surface area is 146 Å². The van der Waals surface area contributed by atoms with Gasteiger partial charge in [-0.25, -0.2) is 12.8 Å². The van der Waals surface area contributed by atoms with Crippen LogP contribution in [0.15, 0.2) is 24.3 Å². The molecule has 3 aliphatic rings. The number of ether oxygens (including phenoxy) is 1. The molecular formula is C17H21FN2O4S. The van der Waals surface area contributed by atoms with Crippen LogP contribution in [0.2, 0.25) is 0 Å². The van der Waals surface area contributed by atoms with E-state index < -0.39 is 10.0 Å². The SMILES string of the molecule is CS(=O)(=O)N1C[C@@H]2[C@H](CNC(=O)c3ccc(F)cc3)[C@H]3CC[C@]2(C1)O3. The van der Waals surface area contributed by atoms with Gasteiger partial charge in [-0.3, -0.25) is 4.79 Å². The monoisotopic (exact) mass is 368 g/mol. The molecule has 4 atom stereocenters. The Morgan fingerprint density at radius 1 is 1.40 bits per heavy atom. The Bertz CT molecular complexity index is 797. The minimum atomic E-state index is -3.25. The van der Waals surface area contributed by atoms with Gasteiger partial charge in [-0.2, -0.15) is 4.31 Å². The van der Waals surface area contributed by atoms with Crippen molar-refractivity contribution < 1.29 is 22.3 Å². The van der Waals surface area contributed by atoms with E-state index >= 15 is 0 Å². The lowest BCUT2D eigenvalue weighted by molar-refractivity contribution is 0.00801. The number of halogens is 1. The molecule has 1 N–H and O–H groups in total. The van der Waals surface area contributed by atoms with Crippen molar-refractivity contribution in [1.82, 2.24) is 9.62 Å². The lowest BCUT2D eigenvalue weighted by Crippen LogP contribution is -2.41. The summed E-state index contributed by atoms with van der Waals surface area (Å²) in [5, 5.41) is 2.90. The van der Waals surface area contributed by atoms with E-state index in [4.69, 9.17) is 4.74 Å². The molecule has 3 saturated heterocycles. The third kappa shape index (κ3) is 2.86. The molecule has 0 unspecified atom stereocenters. The second-order valence-corrected chi connectivity index (χ2v) is 9.28. The molecule has 4 rings (SSSR count). The van der Waals surface area contributed by atoms with E-state index in [1.54, 1.807) is 0 Å². The average molecular weight is 368 g/mol. The highest BCUT2D eigenvalue weighted by Gasteiger charge is 2.63. The van der Waals surface area contributed by atoms with E-state index in [-0.39, 0.29) is 35.3 Å². The molecule has 0 saturated carbocycles. The standard InChI is InChI=1S/C17H21FN2O4S/c1-25(22,23)20-9-14-13(15-6-7-17(14,10-20)24-15)8-19-16(21)11-2-4-12(18)5-3-11/h2-5,13-15H,6-10H2,1H3,(H,19,21)/t13-,14+,15+,17+/m0/s1. The smallest absolute Gasteiger partial charge is 0.251 e. The van der Waals surface area contributed by atoms with Crippen molar-refractivity contribution in [1.29, 1.82) is 0 Å². The van der Waals surface area contributed by atoms with Gasteiger partial charge in [0.15, 0.2) is 0 Å². The Morgan fingerprint density at radius 2 is 2.12 bits per heavy atom. The van der Waals surface area contributed by atoms with Gasteiger partial charge in [-0.1, -0.05) is 0 Å². The van der Waals surface area contributed by atoms with Crippen LogP contribution >= 0.6 is 0 Å². The molecule has 1 spiro atoms. The van der Waals surface area contributed by atoms with E-state index in [2.05, 4.69) is 5.32 Å². The van der Waals surface area contributed by atoms with E-state index in [1.165, 1.54) is 34.8 Å². The summed E-state index contributed by atoms with van der Waals surface area (Å²) in [4.78, 5) is 12.3. The highest BCUT2D eigenvalue weighted by atomic mass is 32.2. The van der Waals surface area contributed by atoms with Crippen molar-refractivity contribution in [2.24, 2.45) is 11.8 Å². The number of hydrogen-bond acceptors (Lipinski definition) is 4. The first-order valence-corrected chi connectivity index (χ1v) is 10.3. The number of carbonyl (C=O) groups excluding carboxylic acids is 1. The van der Waals surface area contributed by atoms with Gasteiger partial charge in [0.25, 0.3) is 5.91 Å². The lowest BCUT2D eigenvalue weighted by Gasteiger charge is -2.29. The Kier molecular flexibility index (Phi) is 3.90. The lowest BCUT2D eigenvalue weighted by atomic mass is 9.73. The predicted molar refractivity (Wildman–Crippen MR) is 89.0 cm³/mol. The van der Waals surface area contributed by atoms with Gasteiger partial charge in [-0.05, 0) is 37.1 Å². The molecule has 8 heteroatoms. The number of nitrogens with zero attached hydrogens (tertiary/aromatic N) is 1. The first kappa shape index (κ1) is 16.9. The quantitative estimate of drug-likeness (QED) is 0.860. The topological polar surface area (TPSA) is 75.7 Å². The normalized spacial score (nSPS) is 34.2. The maximum absolute atomic E-state index is 13.0. The molecule has 25 heavy (non-hydrogen) atoms. The van der Waals surface area contributed by atoms with Gasteiger partial charge in [0.2, 0.25) is 10.0 Å². The van der Waals surface area contributed by atoms with E-state index in [9.17, 15) is 17.6 Å². The minimum absolute atomic E-state index is 0.0697. The summed E-state index contributed by atoms with van der Waals surface area (Å²) < 4.78 is 44.4. The number of amides is 1. The highest BCUT2D eigenvalue weighted by Crippen LogP contribution is 2.54. The Hall–Kier alpha value is -1.51. The van der Waals surface area contributed by atoms with Crippen LogP contribution in [0.1, 0.15) is 23.2 Å². The number of hydrogen-bond donors (Lipinski definition) is 1. The van der Waals surface area contributed by atoms with Gasteiger partial charge >= 0.3 is 0 Å². The summed E-state index contributed by atoms with van der Waals surface area (Å²) in [5.74, 6) is -0.430. The fourth-order valence-corrected chi connectivity index (χ4v) is 5.47. The molecule has 1 amide bonds. The predicted octanol–water partition coefficient (Wildman–Crippen LogP) is 0.994. The number of sulfonamides is 1. The van der Waals surface area contributed by atoms with E-state index in [0.29, 0.717) is 25.2 Å². The zero-order valence-electron chi connectivity index (χ0n) is 13.9. The molecule has 1 aromatic carbocycles. The number of fused-ring (bicyclic) bond motifs is 1. The Morgan fingerprint density at radius 3 is 2.80 bits per heavy atom. The van der Waals surface area contributed by atoms with Crippen LogP contribution in [0.25, 0.3) is 0 Å². The summed E-state index contributed by atoms with van der Waals surface area (Å²) in [6.45, 7) is 1.30. The van der Waals surface area contributed by atoms with Crippen LogP contribution in [0.4, 0.5) is 4.39 Å². The molecule has 136 valence electrons. The van der Waals surface area contributed by atoms with Gasteiger partial charge in [-0.15, -0.1) is 0 Å². The zero-order valence-corrected chi connectivity index (χ0v) is 14.8. The van der Waals surface area contributed by atoms with Crippen LogP contribution in [-0.4, -0.2) is 56.2 Å². The van der Waals surface area contributed by atoms with Gasteiger partial charge < -0.3 is 10.1 Å². The van der Waals surface area contributed by atoms with Gasteiger partial charge in [0, 0.05) is 37.0 Å². The molecular weight excluding hydrogens is 347 g/mol. The summed E-state index contributed by atoms with van der Waals surface area (Å²) in [5.41, 5.74) is 0.0170. The van der Waals surface area contributed by atoms with Crippen LogP contribution in [-0.2, 0) is 14.8 Å². The van der Waals surface area contributed by atoms with Crippen LogP contribution in [0.3, 0.4) is 0 Å². The Balaban J connectivity index is 1.45. The number of rotatable bonds is 4. The second-order valence-electron chi connectivity index (χ2n) is 7.30. The van der Waals surface area contributed by atoms with Crippen LogP contribution < -0.4 is 5.32 Å². The zero-order chi connectivity index (χ0) is 17.8. The van der Waals surface area contributed by atoms with Crippen molar-refractivity contribution in [3.63, 3.8) is 0 Å². The summed E-state index contributed by atoms with van der Waals surface area (Å²) in [6, 6.07) is 5.41. The largest absolute Gasteiger partial charge is 0.370 e. The number of carbonyl (C=O) groups is 1. The van der Waals surface area contributed by atoms with Gasteiger partial charge in [0.1, 0.15) is 5.82 Å². The van der Waals surface area contributed by atoms with Crippen molar-refractivity contribution >= 4 is 15.9 Å². The van der Waals surface area contributed by atoms with E-state index in [1.807, 2.05) is 0 Å². The summed E-state index contributed by atoms with van der Waals surface area (Å²) in [6.07, 6.45) is 3.06. The van der Waals surface area contributed by atoms with Gasteiger partial charge in [0.05, 0.1) is 18.0 Å². The summed E-state index contributed by atoms with van der Waals surface area (Å²) >= 11 is 0. The average Bonchev–Trinajstić information content (AvgIpc) is 3.21. The molecule has 0 aromatic heterocycles. The molecule has 0 radical (unpaired) electrons. The third-order valence-electron chi connectivity index (χ3n) is 5.83. The number of nitrogens with one attached hydrogen (secondary N) is 1. The minimum Gasteiger partial charge on any atom is -0.370 e. The molecule has 3 heterocycles. The fourth-order valence-electron chi connectivity index (χ4n) is 4.59. The molecule has 3 fully saturated rings. The van der Waals surface area contributed by atoms with E-state index in [0.717, 1.165) is 12.8 Å².